The molecule has 0 fully saturated rings. The van der Waals surface area contributed by atoms with Crippen LogP contribution in [0.1, 0.15) is 20.1 Å². The number of aromatic nitrogens is 1. The molecule has 2 aromatic heterocycles. The van der Waals surface area contributed by atoms with E-state index in [1.54, 1.807) is 18.4 Å². The van der Waals surface area contributed by atoms with Crippen molar-refractivity contribution in [2.45, 2.75) is 13.5 Å². The number of aryl methyl sites for hydroxylation is 1. The number of hydrogen-bond donors (Lipinski definition) is 3. The van der Waals surface area contributed by atoms with Gasteiger partial charge in [-0.1, -0.05) is 0 Å². The molecule has 5 nitrogen and oxygen atoms in total. The molecule has 7 heteroatoms. The van der Waals surface area contributed by atoms with Gasteiger partial charge in [0.1, 0.15) is 10.6 Å². The zero-order chi connectivity index (χ0) is 13.1. The van der Waals surface area contributed by atoms with Crippen LogP contribution in [0.5, 0.6) is 0 Å². The Morgan fingerprint density at radius 3 is 2.89 bits per heavy atom. The first-order valence-electron chi connectivity index (χ1n) is 5.38. The first-order chi connectivity index (χ1) is 8.61. The molecule has 4 N–H and O–H groups in total. The van der Waals surface area contributed by atoms with Gasteiger partial charge in [-0.15, -0.1) is 11.3 Å². The lowest BCUT2D eigenvalue weighted by Crippen LogP contribution is -2.19. The summed E-state index contributed by atoms with van der Waals surface area (Å²) in [4.78, 5) is 14.1. The summed E-state index contributed by atoms with van der Waals surface area (Å²) in [5.41, 5.74) is 6.12. The first kappa shape index (κ1) is 12.8. The molecule has 2 heterocycles. The van der Waals surface area contributed by atoms with Gasteiger partial charge in [-0.25, -0.2) is 0 Å². The highest BCUT2D eigenvalue weighted by Crippen LogP contribution is 2.27. The van der Waals surface area contributed by atoms with Crippen molar-refractivity contribution in [3.63, 3.8) is 0 Å². The molecule has 18 heavy (non-hydrogen) atoms. The summed E-state index contributed by atoms with van der Waals surface area (Å²) in [7, 11) is 1.58. The molecule has 0 aromatic carbocycles. The van der Waals surface area contributed by atoms with Crippen LogP contribution in [0.4, 0.5) is 10.8 Å². The van der Waals surface area contributed by atoms with E-state index in [0.29, 0.717) is 17.1 Å². The van der Waals surface area contributed by atoms with Crippen molar-refractivity contribution >= 4 is 39.6 Å². The maximum Gasteiger partial charge on any atom is 0.257 e. The Labute approximate surface area is 113 Å². The summed E-state index contributed by atoms with van der Waals surface area (Å²) in [6, 6.07) is 4.14. The zero-order valence-electron chi connectivity index (χ0n) is 10.1. The van der Waals surface area contributed by atoms with Crippen molar-refractivity contribution < 1.29 is 4.79 Å². The predicted molar refractivity (Wildman–Crippen MR) is 76.3 cm³/mol. The Morgan fingerprint density at radius 1 is 1.50 bits per heavy atom. The maximum absolute atomic E-state index is 11.7. The molecule has 0 atom stereocenters. The van der Waals surface area contributed by atoms with E-state index >= 15 is 0 Å². The van der Waals surface area contributed by atoms with E-state index in [9.17, 15) is 4.79 Å². The van der Waals surface area contributed by atoms with Gasteiger partial charge in [-0.05, 0) is 30.6 Å². The van der Waals surface area contributed by atoms with Crippen molar-refractivity contribution in [3.8, 4) is 0 Å². The number of amides is 1. The van der Waals surface area contributed by atoms with Crippen LogP contribution in [-0.2, 0) is 6.54 Å². The predicted octanol–water partition coefficient (Wildman–Crippen LogP) is 2.07. The van der Waals surface area contributed by atoms with Crippen LogP contribution < -0.4 is 16.4 Å². The SMILES string of the molecule is CNC(=O)c1c(N)nsc1NCc1ccc(C)s1. The van der Waals surface area contributed by atoms with Crippen molar-refractivity contribution in [1.82, 2.24) is 9.69 Å². The normalized spacial score (nSPS) is 10.3. The smallest absolute Gasteiger partial charge is 0.257 e. The van der Waals surface area contributed by atoms with E-state index in [1.807, 2.05) is 0 Å². The Hall–Kier alpha value is -1.60. The van der Waals surface area contributed by atoms with E-state index < -0.39 is 0 Å². The molecule has 2 aromatic rings. The topological polar surface area (TPSA) is 80.0 Å². The molecule has 0 unspecified atom stereocenters. The van der Waals surface area contributed by atoms with Crippen molar-refractivity contribution in [3.05, 3.63) is 27.5 Å². The van der Waals surface area contributed by atoms with Crippen molar-refractivity contribution in [1.29, 1.82) is 0 Å². The van der Waals surface area contributed by atoms with Gasteiger partial charge in [0.2, 0.25) is 0 Å². The van der Waals surface area contributed by atoms with Crippen LogP contribution in [-0.4, -0.2) is 17.3 Å². The quantitative estimate of drug-likeness (QED) is 0.802. The fourth-order valence-electron chi connectivity index (χ4n) is 1.52. The third-order valence-electron chi connectivity index (χ3n) is 2.39. The Balaban J connectivity index is 2.12. The molecule has 0 aliphatic rings. The number of carbonyl (C=O) groups is 1. The van der Waals surface area contributed by atoms with E-state index in [4.69, 9.17) is 5.73 Å². The largest absolute Gasteiger partial charge is 0.382 e. The highest BCUT2D eigenvalue weighted by atomic mass is 32.1. The fraction of sp³-hybridized carbons (Fsp3) is 0.273. The molecule has 1 amide bonds. The Morgan fingerprint density at radius 2 is 2.28 bits per heavy atom. The first-order valence-corrected chi connectivity index (χ1v) is 6.97. The third kappa shape index (κ3) is 2.62. The number of thiophene rings is 1. The molecule has 0 bridgehead atoms. The van der Waals surface area contributed by atoms with Crippen LogP contribution >= 0.6 is 22.9 Å². The van der Waals surface area contributed by atoms with Crippen LogP contribution in [0.25, 0.3) is 0 Å². The van der Waals surface area contributed by atoms with Gasteiger partial charge in [-0.2, -0.15) is 4.37 Å². The molecule has 0 saturated carbocycles. The summed E-state index contributed by atoms with van der Waals surface area (Å²) in [6.07, 6.45) is 0. The van der Waals surface area contributed by atoms with Gasteiger partial charge in [0, 0.05) is 16.8 Å². The van der Waals surface area contributed by atoms with E-state index in [1.165, 1.54) is 21.3 Å². The minimum absolute atomic E-state index is 0.217. The minimum atomic E-state index is -0.217. The van der Waals surface area contributed by atoms with E-state index in [-0.39, 0.29) is 11.7 Å². The maximum atomic E-state index is 11.7. The number of nitrogens with two attached hydrogens (primary N) is 1. The van der Waals surface area contributed by atoms with Crippen molar-refractivity contribution in [2.75, 3.05) is 18.1 Å². The highest BCUT2D eigenvalue weighted by Gasteiger charge is 2.17. The van der Waals surface area contributed by atoms with Gasteiger partial charge in [-0.3, -0.25) is 4.79 Å². The number of rotatable bonds is 4. The standard InChI is InChI=1S/C11H14N4OS2/c1-6-3-4-7(17-6)5-14-11-8(10(16)13-2)9(12)15-18-11/h3-4,14H,5H2,1-2H3,(H2,12,15)(H,13,16). The van der Waals surface area contributed by atoms with Gasteiger partial charge >= 0.3 is 0 Å². The number of hydrogen-bond acceptors (Lipinski definition) is 6. The second-order valence-corrected chi connectivity index (χ2v) is 5.86. The molecular weight excluding hydrogens is 268 g/mol. The van der Waals surface area contributed by atoms with Gasteiger partial charge < -0.3 is 16.4 Å². The molecule has 0 aliphatic carbocycles. The number of nitrogens with zero attached hydrogens (tertiary/aromatic N) is 1. The second-order valence-electron chi connectivity index (χ2n) is 3.72. The zero-order valence-corrected chi connectivity index (χ0v) is 11.7. The molecule has 2 rings (SSSR count). The van der Waals surface area contributed by atoms with Crippen molar-refractivity contribution in [2.24, 2.45) is 0 Å². The summed E-state index contributed by atoms with van der Waals surface area (Å²) >= 11 is 2.93. The highest BCUT2D eigenvalue weighted by molar-refractivity contribution is 7.12. The lowest BCUT2D eigenvalue weighted by molar-refractivity contribution is 0.0965. The van der Waals surface area contributed by atoms with E-state index in [2.05, 4.69) is 34.1 Å². The summed E-state index contributed by atoms with van der Waals surface area (Å²) in [5, 5.41) is 6.47. The van der Waals surface area contributed by atoms with E-state index in [0.717, 1.165) is 0 Å². The Bertz CT molecular complexity index is 561. The molecule has 0 radical (unpaired) electrons. The van der Waals surface area contributed by atoms with Crippen LogP contribution in [0.15, 0.2) is 12.1 Å². The van der Waals surface area contributed by atoms with Crippen LogP contribution in [0.2, 0.25) is 0 Å². The lowest BCUT2D eigenvalue weighted by Gasteiger charge is -2.04. The number of anilines is 2. The number of carbonyl (C=O) groups excluding carboxylic acids is 1. The average molecular weight is 282 g/mol. The molecule has 0 spiro atoms. The molecule has 0 aliphatic heterocycles. The fourth-order valence-corrected chi connectivity index (χ4v) is 3.05. The third-order valence-corrected chi connectivity index (χ3v) is 4.21. The molecule has 96 valence electrons. The second kappa shape index (κ2) is 5.36. The average Bonchev–Trinajstić information content (AvgIpc) is 2.92. The van der Waals surface area contributed by atoms with Crippen LogP contribution in [0, 0.1) is 6.92 Å². The summed E-state index contributed by atoms with van der Waals surface area (Å²) < 4.78 is 4.00. The van der Waals surface area contributed by atoms with Crippen LogP contribution in [0.3, 0.4) is 0 Å². The Kier molecular flexibility index (Phi) is 3.83. The summed E-state index contributed by atoms with van der Waals surface area (Å²) in [5.74, 6) is 0.0512. The minimum Gasteiger partial charge on any atom is -0.382 e. The molecule has 0 saturated heterocycles. The number of nitrogen functional groups attached to an aromatic ring is 1. The van der Waals surface area contributed by atoms with Gasteiger partial charge in [0.05, 0.1) is 6.54 Å². The lowest BCUT2D eigenvalue weighted by atomic mass is 10.3. The van der Waals surface area contributed by atoms with Gasteiger partial charge in [0.15, 0.2) is 5.82 Å². The number of nitrogens with one attached hydrogen (secondary N) is 2. The van der Waals surface area contributed by atoms with Gasteiger partial charge in [0.25, 0.3) is 5.91 Å². The monoisotopic (exact) mass is 282 g/mol. The molecular formula is C11H14N4OS2. The summed E-state index contributed by atoms with van der Waals surface area (Å²) in [6.45, 7) is 2.74.